The Kier molecular flexibility index (Phi) is 5.11. The Morgan fingerprint density at radius 3 is 2.46 bits per heavy atom. The van der Waals surface area contributed by atoms with Gasteiger partial charge in [-0.25, -0.2) is 0 Å². The SMILES string of the molecule is CC(C)CC(=O)C1=C(O)C(=O)N(Cc2cccnc2)C1c1cccnc1. The van der Waals surface area contributed by atoms with Crippen molar-refractivity contribution in [3.05, 3.63) is 71.5 Å². The van der Waals surface area contributed by atoms with Gasteiger partial charge < -0.3 is 10.0 Å². The van der Waals surface area contributed by atoms with Gasteiger partial charge in [0.2, 0.25) is 0 Å². The Bertz CT molecular complexity index is 832. The quantitative estimate of drug-likeness (QED) is 0.865. The summed E-state index contributed by atoms with van der Waals surface area (Å²) >= 11 is 0. The molecule has 1 aliphatic rings. The Labute approximate surface area is 152 Å². The fraction of sp³-hybridized carbons (Fsp3) is 0.300. The van der Waals surface area contributed by atoms with Crippen molar-refractivity contribution >= 4 is 11.7 Å². The highest BCUT2D eigenvalue weighted by Gasteiger charge is 2.43. The summed E-state index contributed by atoms with van der Waals surface area (Å²) in [6.07, 6.45) is 6.84. The first-order chi connectivity index (χ1) is 12.5. The molecule has 1 atom stereocenters. The molecule has 1 aliphatic heterocycles. The summed E-state index contributed by atoms with van der Waals surface area (Å²) in [6, 6.07) is 6.55. The molecule has 3 rings (SSSR count). The van der Waals surface area contributed by atoms with Crippen LogP contribution in [0, 0.1) is 5.92 Å². The Balaban J connectivity index is 2.02. The Hall–Kier alpha value is -3.02. The van der Waals surface area contributed by atoms with Crippen LogP contribution in [0.2, 0.25) is 0 Å². The maximum Gasteiger partial charge on any atom is 0.290 e. The van der Waals surface area contributed by atoms with Crippen LogP contribution < -0.4 is 0 Å². The van der Waals surface area contributed by atoms with Crippen LogP contribution >= 0.6 is 0 Å². The summed E-state index contributed by atoms with van der Waals surface area (Å²) in [5.74, 6) is -1.10. The summed E-state index contributed by atoms with van der Waals surface area (Å²) in [4.78, 5) is 35.2. The zero-order chi connectivity index (χ0) is 18.7. The summed E-state index contributed by atoms with van der Waals surface area (Å²) in [5, 5.41) is 10.5. The lowest BCUT2D eigenvalue weighted by Gasteiger charge is -2.26. The highest BCUT2D eigenvalue weighted by atomic mass is 16.3. The van der Waals surface area contributed by atoms with Crippen molar-refractivity contribution < 1.29 is 14.7 Å². The summed E-state index contributed by atoms with van der Waals surface area (Å²) in [7, 11) is 0. The predicted molar refractivity (Wildman–Crippen MR) is 95.9 cm³/mol. The zero-order valence-corrected chi connectivity index (χ0v) is 14.8. The van der Waals surface area contributed by atoms with Crippen LogP contribution in [0.25, 0.3) is 0 Å². The van der Waals surface area contributed by atoms with Gasteiger partial charge in [-0.15, -0.1) is 0 Å². The van der Waals surface area contributed by atoms with Crippen molar-refractivity contribution in [2.24, 2.45) is 5.92 Å². The zero-order valence-electron chi connectivity index (χ0n) is 14.8. The third-order valence-electron chi connectivity index (χ3n) is 4.27. The van der Waals surface area contributed by atoms with E-state index < -0.39 is 17.7 Å². The first kappa shape index (κ1) is 17.8. The highest BCUT2D eigenvalue weighted by molar-refractivity contribution is 6.08. The monoisotopic (exact) mass is 351 g/mol. The molecule has 0 radical (unpaired) electrons. The number of carbonyl (C=O) groups is 2. The molecule has 0 saturated carbocycles. The molecule has 3 heterocycles. The van der Waals surface area contributed by atoms with Gasteiger partial charge in [-0.3, -0.25) is 19.6 Å². The van der Waals surface area contributed by atoms with E-state index in [0.29, 0.717) is 5.56 Å². The molecule has 0 aliphatic carbocycles. The molecule has 6 heteroatoms. The first-order valence-corrected chi connectivity index (χ1v) is 8.55. The number of aliphatic hydroxyl groups excluding tert-OH is 1. The molecule has 1 amide bonds. The molecule has 0 bridgehead atoms. The van der Waals surface area contributed by atoms with Crippen molar-refractivity contribution in [1.29, 1.82) is 0 Å². The van der Waals surface area contributed by atoms with Gasteiger partial charge in [0.05, 0.1) is 11.6 Å². The van der Waals surface area contributed by atoms with Crippen LogP contribution in [0.3, 0.4) is 0 Å². The molecule has 0 fully saturated rings. The van der Waals surface area contributed by atoms with E-state index in [1.807, 2.05) is 26.0 Å². The maximum absolute atomic E-state index is 12.8. The van der Waals surface area contributed by atoms with Gasteiger partial charge in [0.25, 0.3) is 5.91 Å². The molecule has 6 nitrogen and oxygen atoms in total. The number of carbonyl (C=O) groups excluding carboxylic acids is 2. The number of Topliss-reactive ketones (excluding diaryl/α,β-unsaturated/α-hetero) is 1. The Morgan fingerprint density at radius 1 is 1.19 bits per heavy atom. The molecule has 0 spiro atoms. The second-order valence-electron chi connectivity index (χ2n) is 6.77. The van der Waals surface area contributed by atoms with Crippen LogP contribution in [0.4, 0.5) is 0 Å². The molecule has 0 aromatic carbocycles. The largest absolute Gasteiger partial charge is 0.503 e. The van der Waals surface area contributed by atoms with Crippen LogP contribution in [0.5, 0.6) is 0 Å². The molecule has 26 heavy (non-hydrogen) atoms. The summed E-state index contributed by atoms with van der Waals surface area (Å²) < 4.78 is 0. The average molecular weight is 351 g/mol. The number of aromatic nitrogens is 2. The third-order valence-corrected chi connectivity index (χ3v) is 4.27. The number of hydrogen-bond donors (Lipinski definition) is 1. The normalized spacial score (nSPS) is 17.3. The van der Waals surface area contributed by atoms with Crippen molar-refractivity contribution in [2.45, 2.75) is 32.9 Å². The van der Waals surface area contributed by atoms with Crippen molar-refractivity contribution in [2.75, 3.05) is 0 Å². The smallest absolute Gasteiger partial charge is 0.290 e. The molecule has 0 saturated heterocycles. The van der Waals surface area contributed by atoms with E-state index in [9.17, 15) is 14.7 Å². The van der Waals surface area contributed by atoms with Crippen LogP contribution in [-0.2, 0) is 16.1 Å². The van der Waals surface area contributed by atoms with E-state index in [4.69, 9.17) is 0 Å². The fourth-order valence-corrected chi connectivity index (χ4v) is 3.15. The fourth-order valence-electron chi connectivity index (χ4n) is 3.15. The number of ketones is 1. The number of rotatable bonds is 6. The molecular weight excluding hydrogens is 330 g/mol. The van der Waals surface area contributed by atoms with Gasteiger partial charge in [-0.2, -0.15) is 0 Å². The van der Waals surface area contributed by atoms with E-state index in [-0.39, 0.29) is 30.2 Å². The predicted octanol–water partition coefficient (Wildman–Crippen LogP) is 2.99. The van der Waals surface area contributed by atoms with Gasteiger partial charge in [0.1, 0.15) is 0 Å². The van der Waals surface area contributed by atoms with Crippen molar-refractivity contribution in [3.63, 3.8) is 0 Å². The minimum atomic E-state index is -0.650. The van der Waals surface area contributed by atoms with Crippen LogP contribution in [0.1, 0.15) is 37.4 Å². The van der Waals surface area contributed by atoms with Crippen LogP contribution in [0.15, 0.2) is 60.4 Å². The Morgan fingerprint density at radius 2 is 1.88 bits per heavy atom. The second kappa shape index (κ2) is 7.47. The van der Waals surface area contributed by atoms with E-state index in [2.05, 4.69) is 9.97 Å². The van der Waals surface area contributed by atoms with Gasteiger partial charge in [-0.05, 0) is 29.2 Å². The second-order valence-corrected chi connectivity index (χ2v) is 6.77. The number of aliphatic hydroxyl groups is 1. The maximum atomic E-state index is 12.8. The van der Waals surface area contributed by atoms with Gasteiger partial charge in [0.15, 0.2) is 11.5 Å². The lowest BCUT2D eigenvalue weighted by molar-refractivity contribution is -0.130. The number of hydrogen-bond acceptors (Lipinski definition) is 5. The summed E-state index contributed by atoms with van der Waals surface area (Å²) in [5.41, 5.74) is 1.67. The molecule has 1 unspecified atom stereocenters. The minimum absolute atomic E-state index is 0.125. The highest BCUT2D eigenvalue weighted by Crippen LogP contribution is 2.39. The lowest BCUT2D eigenvalue weighted by Crippen LogP contribution is -2.30. The molecule has 134 valence electrons. The first-order valence-electron chi connectivity index (χ1n) is 8.55. The van der Waals surface area contributed by atoms with E-state index >= 15 is 0 Å². The van der Waals surface area contributed by atoms with Gasteiger partial charge >= 0.3 is 0 Å². The number of amides is 1. The van der Waals surface area contributed by atoms with E-state index in [1.165, 1.54) is 4.90 Å². The number of pyridine rings is 2. The van der Waals surface area contributed by atoms with Gasteiger partial charge in [0, 0.05) is 37.8 Å². The summed E-state index contributed by atoms with van der Waals surface area (Å²) in [6.45, 7) is 4.10. The minimum Gasteiger partial charge on any atom is -0.503 e. The van der Waals surface area contributed by atoms with E-state index in [0.717, 1.165) is 5.56 Å². The average Bonchev–Trinajstić information content (AvgIpc) is 2.88. The third kappa shape index (κ3) is 3.49. The number of nitrogens with zero attached hydrogens (tertiary/aromatic N) is 3. The lowest BCUT2D eigenvalue weighted by atomic mass is 9.93. The van der Waals surface area contributed by atoms with Crippen molar-refractivity contribution in [1.82, 2.24) is 14.9 Å². The topological polar surface area (TPSA) is 83.4 Å². The van der Waals surface area contributed by atoms with Gasteiger partial charge in [-0.1, -0.05) is 26.0 Å². The molecule has 2 aromatic heterocycles. The standard InChI is InChI=1S/C20H21N3O3/c1-13(2)9-16(24)17-18(15-6-4-8-22-11-15)23(20(26)19(17)25)12-14-5-3-7-21-10-14/h3-8,10-11,13,18,25H,9,12H2,1-2H3. The van der Waals surface area contributed by atoms with E-state index in [1.54, 1.807) is 36.9 Å². The van der Waals surface area contributed by atoms with Crippen LogP contribution in [-0.4, -0.2) is 31.7 Å². The molecular formula is C20H21N3O3. The molecule has 2 aromatic rings. The van der Waals surface area contributed by atoms with Crippen molar-refractivity contribution in [3.8, 4) is 0 Å². The molecule has 1 N–H and O–H groups in total.